The Morgan fingerprint density at radius 3 is 2.85 bits per heavy atom. The second kappa shape index (κ2) is 6.52. The van der Waals surface area contributed by atoms with Crippen LogP contribution in [-0.2, 0) is 13.6 Å². The first-order valence-electron chi connectivity index (χ1n) is 6.88. The predicted molar refractivity (Wildman–Crippen MR) is 78.8 cm³/mol. The lowest BCUT2D eigenvalue weighted by Gasteiger charge is -2.12. The van der Waals surface area contributed by atoms with Crippen molar-refractivity contribution in [1.82, 2.24) is 20.1 Å². The quantitative estimate of drug-likeness (QED) is 0.880. The molecule has 0 aromatic carbocycles. The van der Waals surface area contributed by atoms with E-state index in [1.807, 2.05) is 32.3 Å². The number of ether oxygens (including phenoxy) is 1. The molecule has 0 aliphatic rings. The summed E-state index contributed by atoms with van der Waals surface area (Å²) < 4.78 is 7.68. The second-order valence-corrected chi connectivity index (χ2v) is 5.36. The fourth-order valence-electron chi connectivity index (χ4n) is 1.94. The molecule has 108 valence electrons. The topological polar surface area (TPSA) is 52.0 Å². The van der Waals surface area contributed by atoms with Crippen molar-refractivity contribution in [3.8, 4) is 11.6 Å². The van der Waals surface area contributed by atoms with Crippen LogP contribution in [0.4, 0.5) is 0 Å². The highest BCUT2D eigenvalue weighted by Crippen LogP contribution is 2.24. The maximum absolute atomic E-state index is 5.94. The van der Waals surface area contributed by atoms with Gasteiger partial charge in [0.2, 0.25) is 5.88 Å². The Labute approximate surface area is 120 Å². The number of rotatable bonds is 6. The van der Waals surface area contributed by atoms with Crippen LogP contribution in [0.2, 0.25) is 0 Å². The molecule has 1 N–H and O–H groups in total. The van der Waals surface area contributed by atoms with Crippen molar-refractivity contribution < 1.29 is 4.74 Å². The molecule has 0 amide bonds. The molecule has 0 fully saturated rings. The van der Waals surface area contributed by atoms with Crippen LogP contribution >= 0.6 is 0 Å². The van der Waals surface area contributed by atoms with Gasteiger partial charge in [0.15, 0.2) is 0 Å². The molecule has 0 aliphatic carbocycles. The molecule has 2 aromatic rings. The van der Waals surface area contributed by atoms with E-state index in [4.69, 9.17) is 4.74 Å². The van der Waals surface area contributed by atoms with Crippen LogP contribution in [0, 0.1) is 12.8 Å². The Morgan fingerprint density at radius 2 is 2.20 bits per heavy atom. The number of aromatic nitrogens is 3. The Bertz CT molecular complexity index is 563. The second-order valence-electron chi connectivity index (χ2n) is 5.36. The van der Waals surface area contributed by atoms with E-state index in [0.717, 1.165) is 36.0 Å². The molecule has 20 heavy (non-hydrogen) atoms. The third kappa shape index (κ3) is 3.81. The van der Waals surface area contributed by atoms with Gasteiger partial charge in [-0.2, -0.15) is 5.10 Å². The van der Waals surface area contributed by atoms with Gasteiger partial charge >= 0.3 is 0 Å². The van der Waals surface area contributed by atoms with E-state index >= 15 is 0 Å². The first-order valence-corrected chi connectivity index (χ1v) is 6.88. The lowest BCUT2D eigenvalue weighted by Crippen LogP contribution is -2.19. The monoisotopic (exact) mass is 274 g/mol. The maximum atomic E-state index is 5.94. The average molecular weight is 274 g/mol. The molecule has 5 heteroatoms. The fraction of sp³-hybridized carbons (Fsp3) is 0.467. The molecule has 0 unspecified atom stereocenters. The van der Waals surface area contributed by atoms with Crippen molar-refractivity contribution in [3.63, 3.8) is 0 Å². The summed E-state index contributed by atoms with van der Waals surface area (Å²) in [5, 5.41) is 7.69. The van der Waals surface area contributed by atoms with E-state index in [2.05, 4.69) is 29.2 Å². The zero-order chi connectivity index (χ0) is 14.5. The summed E-state index contributed by atoms with van der Waals surface area (Å²) in [6.07, 6.45) is 3.58. The largest absolute Gasteiger partial charge is 0.439 e. The van der Waals surface area contributed by atoms with Gasteiger partial charge in [0.05, 0.1) is 5.69 Å². The number of pyridine rings is 1. The summed E-state index contributed by atoms with van der Waals surface area (Å²) >= 11 is 0. The van der Waals surface area contributed by atoms with Crippen LogP contribution in [0.1, 0.15) is 25.1 Å². The number of hydrogen-bond acceptors (Lipinski definition) is 4. The molecule has 5 nitrogen and oxygen atoms in total. The van der Waals surface area contributed by atoms with Gasteiger partial charge in [0.25, 0.3) is 0 Å². The van der Waals surface area contributed by atoms with Crippen molar-refractivity contribution in [2.75, 3.05) is 6.54 Å². The summed E-state index contributed by atoms with van der Waals surface area (Å²) in [5.74, 6) is 2.17. The standard InChI is InChI=1S/C15H22N4O/c1-11(2)8-17-10-13-9-16-6-5-14(13)20-15-7-12(3)18-19(15)4/h5-7,9,11,17H,8,10H2,1-4H3. The van der Waals surface area contributed by atoms with Gasteiger partial charge in [-0.05, 0) is 25.5 Å². The van der Waals surface area contributed by atoms with E-state index in [1.165, 1.54) is 0 Å². The molecular formula is C15H22N4O. The smallest absolute Gasteiger partial charge is 0.217 e. The molecule has 0 bridgehead atoms. The molecular weight excluding hydrogens is 252 g/mol. The summed E-state index contributed by atoms with van der Waals surface area (Å²) in [4.78, 5) is 4.17. The van der Waals surface area contributed by atoms with Gasteiger partial charge in [-0.3, -0.25) is 4.98 Å². The lowest BCUT2D eigenvalue weighted by molar-refractivity contribution is 0.422. The fourth-order valence-corrected chi connectivity index (χ4v) is 1.94. The molecule has 2 aromatic heterocycles. The third-order valence-corrected chi connectivity index (χ3v) is 2.90. The zero-order valence-corrected chi connectivity index (χ0v) is 12.6. The van der Waals surface area contributed by atoms with Crippen LogP contribution in [-0.4, -0.2) is 21.3 Å². The van der Waals surface area contributed by atoms with Crippen LogP contribution in [0.5, 0.6) is 11.6 Å². The average Bonchev–Trinajstić information content (AvgIpc) is 2.69. The number of aryl methyl sites for hydroxylation is 2. The summed E-state index contributed by atoms with van der Waals surface area (Å²) in [6, 6.07) is 3.81. The minimum Gasteiger partial charge on any atom is -0.439 e. The van der Waals surface area contributed by atoms with Crippen molar-refractivity contribution in [2.45, 2.75) is 27.3 Å². The third-order valence-electron chi connectivity index (χ3n) is 2.90. The molecule has 0 spiro atoms. The van der Waals surface area contributed by atoms with E-state index in [9.17, 15) is 0 Å². The number of hydrogen-bond donors (Lipinski definition) is 1. The normalized spacial score (nSPS) is 11.1. The van der Waals surface area contributed by atoms with Gasteiger partial charge in [-0.15, -0.1) is 0 Å². The zero-order valence-electron chi connectivity index (χ0n) is 12.6. The minimum atomic E-state index is 0.621. The highest BCUT2D eigenvalue weighted by atomic mass is 16.5. The van der Waals surface area contributed by atoms with Crippen LogP contribution in [0.3, 0.4) is 0 Å². The van der Waals surface area contributed by atoms with Crippen molar-refractivity contribution in [3.05, 3.63) is 35.8 Å². The van der Waals surface area contributed by atoms with Crippen molar-refractivity contribution in [2.24, 2.45) is 13.0 Å². The highest BCUT2D eigenvalue weighted by Gasteiger charge is 2.09. The van der Waals surface area contributed by atoms with Crippen molar-refractivity contribution >= 4 is 0 Å². The van der Waals surface area contributed by atoms with E-state index < -0.39 is 0 Å². The summed E-state index contributed by atoms with van der Waals surface area (Å²) in [6.45, 7) is 8.04. The van der Waals surface area contributed by atoms with Crippen LogP contribution < -0.4 is 10.1 Å². The van der Waals surface area contributed by atoms with Crippen LogP contribution in [0.25, 0.3) is 0 Å². The highest BCUT2D eigenvalue weighted by molar-refractivity contribution is 5.34. The first kappa shape index (κ1) is 14.5. The first-order chi connectivity index (χ1) is 9.56. The molecule has 0 radical (unpaired) electrons. The minimum absolute atomic E-state index is 0.621. The van der Waals surface area contributed by atoms with Gasteiger partial charge in [0.1, 0.15) is 5.75 Å². The van der Waals surface area contributed by atoms with E-state index in [-0.39, 0.29) is 0 Å². The maximum Gasteiger partial charge on any atom is 0.217 e. The molecule has 0 saturated heterocycles. The van der Waals surface area contributed by atoms with Gasteiger partial charge in [-0.1, -0.05) is 13.8 Å². The number of nitrogens with one attached hydrogen (secondary N) is 1. The molecule has 0 atom stereocenters. The molecule has 2 heterocycles. The van der Waals surface area contributed by atoms with E-state index in [1.54, 1.807) is 10.9 Å². The molecule has 0 saturated carbocycles. The summed E-state index contributed by atoms with van der Waals surface area (Å²) in [5.41, 5.74) is 1.99. The Balaban J connectivity index is 2.09. The van der Waals surface area contributed by atoms with Crippen LogP contribution in [0.15, 0.2) is 24.5 Å². The molecule has 2 rings (SSSR count). The Kier molecular flexibility index (Phi) is 4.74. The van der Waals surface area contributed by atoms with E-state index in [0.29, 0.717) is 5.92 Å². The van der Waals surface area contributed by atoms with Gasteiger partial charge in [-0.25, -0.2) is 4.68 Å². The molecule has 0 aliphatic heterocycles. The predicted octanol–water partition coefficient (Wildman–Crippen LogP) is 2.66. The van der Waals surface area contributed by atoms with Crippen molar-refractivity contribution in [1.29, 1.82) is 0 Å². The summed E-state index contributed by atoms with van der Waals surface area (Å²) in [7, 11) is 1.88. The number of nitrogens with zero attached hydrogens (tertiary/aromatic N) is 3. The lowest BCUT2D eigenvalue weighted by atomic mass is 10.2. The van der Waals surface area contributed by atoms with Gasteiger partial charge < -0.3 is 10.1 Å². The Hall–Kier alpha value is -1.88. The SMILES string of the molecule is Cc1cc(Oc2ccncc2CNCC(C)C)n(C)n1. The Morgan fingerprint density at radius 1 is 1.40 bits per heavy atom. The van der Waals surface area contributed by atoms with Gasteiger partial charge in [0, 0.05) is 37.6 Å².